The number of hydrogen-bond donors (Lipinski definition) is 2. The fourth-order valence-electron chi connectivity index (χ4n) is 3.77. The van der Waals surface area contributed by atoms with Gasteiger partial charge in [0.25, 0.3) is 0 Å². The van der Waals surface area contributed by atoms with Crippen molar-refractivity contribution in [3.63, 3.8) is 0 Å². The third kappa shape index (κ3) is 5.08. The second-order valence-electron chi connectivity index (χ2n) is 7.03. The van der Waals surface area contributed by atoms with E-state index in [-0.39, 0.29) is 5.41 Å². The molecule has 0 aromatic carbocycles. The maximum atomic E-state index is 12.7. The van der Waals surface area contributed by atoms with Crippen molar-refractivity contribution < 1.29 is 4.79 Å². The first kappa shape index (κ1) is 17.5. The minimum atomic E-state index is -0.0757. The van der Waals surface area contributed by atoms with Crippen LogP contribution in [0.3, 0.4) is 0 Å². The molecule has 1 saturated carbocycles. The molecule has 1 aliphatic rings. The first-order chi connectivity index (χ1) is 9.54. The van der Waals surface area contributed by atoms with Crippen molar-refractivity contribution in [3.8, 4) is 0 Å². The summed E-state index contributed by atoms with van der Waals surface area (Å²) >= 11 is 0. The minimum absolute atomic E-state index is 0.0757. The van der Waals surface area contributed by atoms with Crippen LogP contribution in [0.5, 0.6) is 0 Å². The lowest BCUT2D eigenvalue weighted by Gasteiger charge is -2.30. The van der Waals surface area contributed by atoms with E-state index in [1.807, 2.05) is 0 Å². The third-order valence-electron chi connectivity index (χ3n) is 4.66. The van der Waals surface area contributed by atoms with Gasteiger partial charge in [-0.05, 0) is 50.5 Å². The molecule has 0 aliphatic heterocycles. The lowest BCUT2D eigenvalue weighted by molar-refractivity contribution is -0.132. The van der Waals surface area contributed by atoms with Gasteiger partial charge in [-0.25, -0.2) is 0 Å². The van der Waals surface area contributed by atoms with Gasteiger partial charge in [0, 0.05) is 12.0 Å². The Morgan fingerprint density at radius 3 is 2.40 bits per heavy atom. The van der Waals surface area contributed by atoms with E-state index in [0.29, 0.717) is 17.7 Å². The highest BCUT2D eigenvalue weighted by Gasteiger charge is 2.41. The molecule has 118 valence electrons. The van der Waals surface area contributed by atoms with Gasteiger partial charge >= 0.3 is 0 Å². The number of hydrogen-bond acceptors (Lipinski definition) is 2. The molecule has 0 saturated heterocycles. The molecule has 1 aliphatic carbocycles. The Morgan fingerprint density at radius 1 is 1.25 bits per heavy atom. The molecule has 1 rings (SSSR count). The Morgan fingerprint density at radius 2 is 1.90 bits per heavy atom. The monoisotopic (exact) mass is 282 g/mol. The van der Waals surface area contributed by atoms with Crippen LogP contribution in [0.25, 0.3) is 0 Å². The van der Waals surface area contributed by atoms with Crippen LogP contribution in [-0.2, 0) is 4.79 Å². The van der Waals surface area contributed by atoms with Crippen molar-refractivity contribution in [2.24, 2.45) is 23.0 Å². The van der Waals surface area contributed by atoms with Gasteiger partial charge in [-0.1, -0.05) is 40.0 Å². The number of amides is 1. The average Bonchev–Trinajstić information content (AvgIpc) is 2.85. The van der Waals surface area contributed by atoms with Crippen LogP contribution in [0.15, 0.2) is 0 Å². The van der Waals surface area contributed by atoms with Gasteiger partial charge in [0.05, 0.1) is 0 Å². The SMILES string of the molecule is CCCC(CCN)CNC(=O)C1(CC(C)C)CCCC1. The first-order valence-electron chi connectivity index (χ1n) is 8.52. The minimum Gasteiger partial charge on any atom is -0.355 e. The van der Waals surface area contributed by atoms with E-state index < -0.39 is 0 Å². The van der Waals surface area contributed by atoms with Crippen LogP contribution >= 0.6 is 0 Å². The standard InChI is InChI=1S/C17H34N2O/c1-4-7-15(8-11-18)13-19-16(20)17(12-14(2)3)9-5-6-10-17/h14-15H,4-13,18H2,1-3H3,(H,19,20). The third-order valence-corrected chi connectivity index (χ3v) is 4.66. The predicted molar refractivity (Wildman–Crippen MR) is 85.4 cm³/mol. The molecular formula is C17H34N2O. The van der Waals surface area contributed by atoms with Gasteiger partial charge in [0.2, 0.25) is 5.91 Å². The second-order valence-corrected chi connectivity index (χ2v) is 7.03. The van der Waals surface area contributed by atoms with Gasteiger partial charge in [-0.15, -0.1) is 0 Å². The highest BCUT2D eigenvalue weighted by Crippen LogP contribution is 2.43. The fraction of sp³-hybridized carbons (Fsp3) is 0.941. The first-order valence-corrected chi connectivity index (χ1v) is 8.52. The van der Waals surface area contributed by atoms with E-state index in [1.54, 1.807) is 0 Å². The largest absolute Gasteiger partial charge is 0.355 e. The molecule has 0 bridgehead atoms. The maximum Gasteiger partial charge on any atom is 0.226 e. The topological polar surface area (TPSA) is 55.1 Å². The molecule has 0 aromatic heterocycles. The van der Waals surface area contributed by atoms with Crippen molar-refractivity contribution in [2.45, 2.75) is 72.1 Å². The number of carbonyl (C=O) groups excluding carboxylic acids is 1. The van der Waals surface area contributed by atoms with Crippen LogP contribution < -0.4 is 11.1 Å². The molecule has 1 fully saturated rings. The summed E-state index contributed by atoms with van der Waals surface area (Å²) in [6, 6.07) is 0. The zero-order chi connectivity index (χ0) is 15.0. The van der Waals surface area contributed by atoms with Crippen LogP contribution in [-0.4, -0.2) is 19.0 Å². The van der Waals surface area contributed by atoms with Crippen LogP contribution in [0.2, 0.25) is 0 Å². The van der Waals surface area contributed by atoms with Gasteiger partial charge < -0.3 is 11.1 Å². The van der Waals surface area contributed by atoms with Crippen molar-refractivity contribution in [1.29, 1.82) is 0 Å². The van der Waals surface area contributed by atoms with Crippen molar-refractivity contribution in [1.82, 2.24) is 5.32 Å². The summed E-state index contributed by atoms with van der Waals surface area (Å²) in [6.07, 6.45) is 8.95. The molecule has 0 spiro atoms. The predicted octanol–water partition coefficient (Wildman–Crippen LogP) is 3.47. The molecule has 0 radical (unpaired) electrons. The Balaban J connectivity index is 2.53. The summed E-state index contributed by atoms with van der Waals surface area (Å²) in [6.45, 7) is 8.17. The molecule has 3 nitrogen and oxygen atoms in total. The Labute approximate surface area is 125 Å². The Hall–Kier alpha value is -0.570. The second kappa shape index (κ2) is 8.66. The highest BCUT2D eigenvalue weighted by molar-refractivity contribution is 5.82. The lowest BCUT2D eigenvalue weighted by atomic mass is 9.77. The number of rotatable bonds is 9. The van der Waals surface area contributed by atoms with Gasteiger partial charge in [0.15, 0.2) is 0 Å². The summed E-state index contributed by atoms with van der Waals surface area (Å²) in [5, 5.41) is 3.25. The van der Waals surface area contributed by atoms with Crippen molar-refractivity contribution >= 4 is 5.91 Å². The fourth-order valence-corrected chi connectivity index (χ4v) is 3.77. The average molecular weight is 282 g/mol. The normalized spacial score (nSPS) is 19.2. The molecule has 3 N–H and O–H groups in total. The summed E-state index contributed by atoms with van der Waals surface area (Å²) in [5.74, 6) is 1.45. The zero-order valence-electron chi connectivity index (χ0n) is 13.7. The molecule has 20 heavy (non-hydrogen) atoms. The molecule has 1 unspecified atom stereocenters. The van der Waals surface area contributed by atoms with Crippen LogP contribution in [0.4, 0.5) is 0 Å². The summed E-state index contributed by atoms with van der Waals surface area (Å²) < 4.78 is 0. The van der Waals surface area contributed by atoms with Crippen molar-refractivity contribution in [2.75, 3.05) is 13.1 Å². The van der Waals surface area contributed by atoms with Crippen LogP contribution in [0.1, 0.15) is 72.1 Å². The summed E-state index contributed by atoms with van der Waals surface area (Å²) in [7, 11) is 0. The Bertz CT molecular complexity index is 277. The molecular weight excluding hydrogens is 248 g/mol. The maximum absolute atomic E-state index is 12.7. The molecule has 1 amide bonds. The number of carbonyl (C=O) groups is 1. The van der Waals surface area contributed by atoms with Gasteiger partial charge in [0.1, 0.15) is 0 Å². The van der Waals surface area contributed by atoms with E-state index in [2.05, 4.69) is 26.1 Å². The Kier molecular flexibility index (Phi) is 7.57. The van der Waals surface area contributed by atoms with Crippen molar-refractivity contribution in [3.05, 3.63) is 0 Å². The van der Waals surface area contributed by atoms with E-state index >= 15 is 0 Å². The van der Waals surface area contributed by atoms with E-state index in [4.69, 9.17) is 5.73 Å². The molecule has 1 atom stereocenters. The van der Waals surface area contributed by atoms with E-state index in [9.17, 15) is 4.79 Å². The van der Waals surface area contributed by atoms with Gasteiger partial charge in [-0.2, -0.15) is 0 Å². The zero-order valence-corrected chi connectivity index (χ0v) is 13.7. The lowest BCUT2D eigenvalue weighted by Crippen LogP contribution is -2.42. The molecule has 0 aromatic rings. The van der Waals surface area contributed by atoms with Gasteiger partial charge in [-0.3, -0.25) is 4.79 Å². The van der Waals surface area contributed by atoms with Crippen LogP contribution in [0, 0.1) is 17.3 Å². The smallest absolute Gasteiger partial charge is 0.226 e. The molecule has 0 heterocycles. The number of nitrogens with two attached hydrogens (primary N) is 1. The highest BCUT2D eigenvalue weighted by atomic mass is 16.2. The quantitative estimate of drug-likeness (QED) is 0.680. The summed E-state index contributed by atoms with van der Waals surface area (Å²) in [4.78, 5) is 12.7. The number of nitrogens with one attached hydrogen (secondary N) is 1. The molecule has 3 heteroatoms. The van der Waals surface area contributed by atoms with E-state index in [1.165, 1.54) is 12.8 Å². The summed E-state index contributed by atoms with van der Waals surface area (Å²) in [5.41, 5.74) is 5.59. The van der Waals surface area contributed by atoms with E-state index in [0.717, 1.165) is 51.6 Å².